The van der Waals surface area contributed by atoms with Crippen LogP contribution in [0.3, 0.4) is 0 Å². The van der Waals surface area contributed by atoms with Crippen LogP contribution in [-0.2, 0) is 10.0 Å². The van der Waals surface area contributed by atoms with Crippen LogP contribution in [0, 0.1) is 0 Å². The lowest BCUT2D eigenvalue weighted by Crippen LogP contribution is -2.39. The number of nitrogens with zero attached hydrogens (tertiary/aromatic N) is 1. The molecule has 2 N–H and O–H groups in total. The molecule has 0 aliphatic heterocycles. The molecule has 0 bridgehead atoms. The first kappa shape index (κ1) is 14.9. The minimum atomic E-state index is -3.82. The Balaban J connectivity index is 3.18. The minimum Gasteiger partial charge on any atom is -0.396 e. The first-order valence-corrected chi connectivity index (χ1v) is 7.15. The minimum absolute atomic E-state index is 0.0934. The molecule has 1 aromatic heterocycles. The summed E-state index contributed by atoms with van der Waals surface area (Å²) in [5, 5.41) is 8.80. The van der Waals surface area contributed by atoms with Gasteiger partial charge in [0.2, 0.25) is 15.5 Å². The van der Waals surface area contributed by atoms with Gasteiger partial charge in [-0.3, -0.25) is 4.79 Å². The van der Waals surface area contributed by atoms with Gasteiger partial charge in [0.15, 0.2) is 0 Å². The van der Waals surface area contributed by atoms with Crippen LogP contribution >= 0.6 is 0 Å². The zero-order chi connectivity index (χ0) is 13.8. The number of aliphatic hydroxyl groups excluding tert-OH is 1. The van der Waals surface area contributed by atoms with E-state index < -0.39 is 15.5 Å². The lowest BCUT2D eigenvalue weighted by molar-refractivity contribution is 0.258. The molecule has 102 valence electrons. The molecule has 7 heteroatoms. The summed E-state index contributed by atoms with van der Waals surface area (Å²) in [6.07, 6.45) is 2.91. The van der Waals surface area contributed by atoms with Crippen molar-refractivity contribution in [3.05, 3.63) is 28.7 Å². The van der Waals surface area contributed by atoms with Crippen molar-refractivity contribution in [2.75, 3.05) is 13.2 Å². The first-order valence-electron chi connectivity index (χ1n) is 5.71. The third-order valence-electron chi connectivity index (χ3n) is 2.49. The summed E-state index contributed by atoms with van der Waals surface area (Å²) in [7, 11) is -3.82. The van der Waals surface area contributed by atoms with Crippen molar-refractivity contribution in [1.82, 2.24) is 9.29 Å². The second-order valence-corrected chi connectivity index (χ2v) is 6.02. The second-order valence-electron chi connectivity index (χ2n) is 4.16. The zero-order valence-electron chi connectivity index (χ0n) is 10.5. The molecule has 1 aromatic rings. The van der Waals surface area contributed by atoms with Gasteiger partial charge in [0, 0.05) is 37.7 Å². The van der Waals surface area contributed by atoms with Crippen molar-refractivity contribution in [2.45, 2.75) is 31.2 Å². The highest BCUT2D eigenvalue weighted by Crippen LogP contribution is 2.14. The molecule has 18 heavy (non-hydrogen) atoms. The van der Waals surface area contributed by atoms with Crippen LogP contribution in [0.5, 0.6) is 0 Å². The molecule has 0 aromatic carbocycles. The summed E-state index contributed by atoms with van der Waals surface area (Å²) in [6.45, 7) is 3.55. The molecule has 0 fully saturated rings. The number of hydrogen-bond acceptors (Lipinski definition) is 4. The fourth-order valence-corrected chi connectivity index (χ4v) is 3.33. The number of aromatic nitrogens is 1. The van der Waals surface area contributed by atoms with E-state index in [1.54, 1.807) is 13.8 Å². The van der Waals surface area contributed by atoms with Crippen LogP contribution in [0.2, 0.25) is 0 Å². The summed E-state index contributed by atoms with van der Waals surface area (Å²) >= 11 is 0. The van der Waals surface area contributed by atoms with E-state index in [9.17, 15) is 13.2 Å². The molecule has 0 atom stereocenters. The Morgan fingerprint density at radius 2 is 2.11 bits per heavy atom. The van der Waals surface area contributed by atoms with Crippen molar-refractivity contribution >= 4 is 10.0 Å². The van der Waals surface area contributed by atoms with E-state index in [1.807, 2.05) is 0 Å². The van der Waals surface area contributed by atoms with E-state index in [2.05, 4.69) is 4.98 Å². The molecule has 1 rings (SSSR count). The predicted molar refractivity (Wildman–Crippen MR) is 67.8 cm³/mol. The largest absolute Gasteiger partial charge is 0.396 e. The Kier molecular flexibility index (Phi) is 5.06. The van der Waals surface area contributed by atoms with E-state index in [1.165, 1.54) is 22.8 Å². The molecule has 0 aliphatic carbocycles. The summed E-state index contributed by atoms with van der Waals surface area (Å²) in [4.78, 5) is 13.9. The van der Waals surface area contributed by atoms with Crippen molar-refractivity contribution in [1.29, 1.82) is 0 Å². The molecule has 0 aliphatic rings. The second kappa shape index (κ2) is 6.12. The predicted octanol–water partition coefficient (Wildman–Crippen LogP) is 0.156. The fourth-order valence-electron chi connectivity index (χ4n) is 1.61. The van der Waals surface area contributed by atoms with E-state index in [-0.39, 0.29) is 24.1 Å². The highest BCUT2D eigenvalue weighted by Gasteiger charge is 2.28. The SMILES string of the molecule is CC(C)N(CCCO)S(=O)(=O)c1c[nH]ccc1=O. The third-order valence-corrected chi connectivity index (χ3v) is 4.58. The maximum atomic E-state index is 12.3. The number of aliphatic hydroxyl groups is 1. The lowest BCUT2D eigenvalue weighted by Gasteiger charge is -2.25. The van der Waals surface area contributed by atoms with Crippen LogP contribution in [-0.4, -0.2) is 42.0 Å². The molecular weight excluding hydrogens is 256 g/mol. The van der Waals surface area contributed by atoms with Gasteiger partial charge in [-0.1, -0.05) is 0 Å². The number of hydrogen-bond donors (Lipinski definition) is 2. The Hall–Kier alpha value is -1.18. The molecule has 0 saturated heterocycles. The standard InChI is InChI=1S/C11H18N2O4S/c1-9(2)13(6-3-7-14)18(16,17)11-8-12-5-4-10(11)15/h4-5,8-9,14H,3,6-7H2,1-2H3,(H,12,15). The highest BCUT2D eigenvalue weighted by atomic mass is 32.2. The van der Waals surface area contributed by atoms with Gasteiger partial charge >= 0.3 is 0 Å². The average Bonchev–Trinajstić information content (AvgIpc) is 2.29. The molecular formula is C11H18N2O4S. The Morgan fingerprint density at radius 1 is 1.44 bits per heavy atom. The van der Waals surface area contributed by atoms with Crippen molar-refractivity contribution in [2.24, 2.45) is 0 Å². The van der Waals surface area contributed by atoms with Crippen LogP contribution in [0.15, 0.2) is 28.2 Å². The molecule has 6 nitrogen and oxygen atoms in total. The number of aromatic amines is 1. The first-order chi connectivity index (χ1) is 8.41. The van der Waals surface area contributed by atoms with Crippen LogP contribution in [0.25, 0.3) is 0 Å². The Labute approximate surface area is 106 Å². The van der Waals surface area contributed by atoms with Gasteiger partial charge < -0.3 is 10.1 Å². The summed E-state index contributed by atoms with van der Waals surface area (Å²) < 4.78 is 25.9. The zero-order valence-corrected chi connectivity index (χ0v) is 11.3. The van der Waals surface area contributed by atoms with Gasteiger partial charge in [0.25, 0.3) is 0 Å². The quantitative estimate of drug-likeness (QED) is 0.773. The van der Waals surface area contributed by atoms with Crippen LogP contribution in [0.4, 0.5) is 0 Å². The van der Waals surface area contributed by atoms with Gasteiger partial charge in [-0.25, -0.2) is 8.42 Å². The van der Waals surface area contributed by atoms with Crippen molar-refractivity contribution in [3.8, 4) is 0 Å². The van der Waals surface area contributed by atoms with Gasteiger partial charge in [0.1, 0.15) is 4.90 Å². The van der Waals surface area contributed by atoms with Gasteiger partial charge in [-0.15, -0.1) is 0 Å². The van der Waals surface area contributed by atoms with Crippen molar-refractivity contribution < 1.29 is 13.5 Å². The lowest BCUT2D eigenvalue weighted by atomic mass is 10.3. The normalized spacial score (nSPS) is 12.3. The molecule has 0 saturated carbocycles. The van der Waals surface area contributed by atoms with E-state index >= 15 is 0 Å². The third kappa shape index (κ3) is 3.18. The van der Waals surface area contributed by atoms with E-state index in [0.29, 0.717) is 6.42 Å². The molecule has 0 radical (unpaired) electrons. The Morgan fingerprint density at radius 3 is 2.61 bits per heavy atom. The monoisotopic (exact) mass is 274 g/mol. The summed E-state index contributed by atoms with van der Waals surface area (Å²) in [5.74, 6) is 0. The molecule has 0 unspecified atom stereocenters. The maximum absolute atomic E-state index is 12.3. The van der Waals surface area contributed by atoms with Gasteiger partial charge in [-0.2, -0.15) is 4.31 Å². The van der Waals surface area contributed by atoms with E-state index in [0.717, 1.165) is 0 Å². The van der Waals surface area contributed by atoms with Crippen LogP contribution in [0.1, 0.15) is 20.3 Å². The maximum Gasteiger partial charge on any atom is 0.248 e. The number of rotatable bonds is 6. The molecule has 0 amide bonds. The highest BCUT2D eigenvalue weighted by molar-refractivity contribution is 7.89. The smallest absolute Gasteiger partial charge is 0.248 e. The Bertz CT molecular complexity index is 536. The average molecular weight is 274 g/mol. The number of nitrogens with one attached hydrogen (secondary N) is 1. The topological polar surface area (TPSA) is 90.5 Å². The summed E-state index contributed by atoms with van der Waals surface area (Å²) in [6, 6.07) is 0.901. The number of H-pyrrole nitrogens is 1. The number of pyridine rings is 1. The molecule has 1 heterocycles. The summed E-state index contributed by atoms with van der Waals surface area (Å²) in [5.41, 5.74) is -0.539. The fraction of sp³-hybridized carbons (Fsp3) is 0.545. The van der Waals surface area contributed by atoms with Gasteiger partial charge in [-0.05, 0) is 20.3 Å². The number of sulfonamides is 1. The molecule has 0 spiro atoms. The van der Waals surface area contributed by atoms with Crippen LogP contribution < -0.4 is 5.43 Å². The van der Waals surface area contributed by atoms with E-state index in [4.69, 9.17) is 5.11 Å². The van der Waals surface area contributed by atoms with Gasteiger partial charge in [0.05, 0.1) is 0 Å². The van der Waals surface area contributed by atoms with Crippen molar-refractivity contribution in [3.63, 3.8) is 0 Å².